The molecule has 1 aliphatic carbocycles. The van der Waals surface area contributed by atoms with Crippen molar-refractivity contribution in [2.24, 2.45) is 11.7 Å². The first-order valence-corrected chi connectivity index (χ1v) is 7.78. The first kappa shape index (κ1) is 16.7. The van der Waals surface area contributed by atoms with E-state index in [4.69, 9.17) is 17.3 Å². The Bertz CT molecular complexity index is 545. The van der Waals surface area contributed by atoms with Gasteiger partial charge in [-0.15, -0.1) is 12.4 Å². The smallest absolute Gasteiger partial charge is 0.242 e. The number of halogens is 2. The summed E-state index contributed by atoms with van der Waals surface area (Å²) in [4.78, 5) is 0.118. The number of hydrogen-bond donors (Lipinski definition) is 2. The number of benzene rings is 1. The third-order valence-electron chi connectivity index (χ3n) is 3.18. The van der Waals surface area contributed by atoms with Crippen molar-refractivity contribution in [3.63, 3.8) is 0 Å². The van der Waals surface area contributed by atoms with Crippen LogP contribution in [-0.4, -0.2) is 21.0 Å². The molecule has 108 valence electrons. The van der Waals surface area contributed by atoms with Crippen molar-refractivity contribution in [1.82, 2.24) is 4.72 Å². The molecule has 1 unspecified atom stereocenters. The van der Waals surface area contributed by atoms with Crippen molar-refractivity contribution >= 4 is 34.0 Å². The van der Waals surface area contributed by atoms with Crippen LogP contribution in [0.5, 0.6) is 0 Å². The maximum absolute atomic E-state index is 12.1. The molecule has 1 aromatic rings. The maximum atomic E-state index is 12.1. The largest absolute Gasteiger partial charge is 0.326 e. The van der Waals surface area contributed by atoms with Crippen LogP contribution in [0, 0.1) is 12.8 Å². The van der Waals surface area contributed by atoms with E-state index in [1.54, 1.807) is 19.1 Å². The number of nitrogens with two attached hydrogens (primary N) is 1. The van der Waals surface area contributed by atoms with Crippen molar-refractivity contribution in [2.45, 2.75) is 30.7 Å². The van der Waals surface area contributed by atoms with Crippen LogP contribution in [0.3, 0.4) is 0 Å². The van der Waals surface area contributed by atoms with Gasteiger partial charge in [-0.1, -0.05) is 23.7 Å². The molecule has 1 saturated carbocycles. The highest BCUT2D eigenvalue weighted by molar-refractivity contribution is 7.89. The van der Waals surface area contributed by atoms with Gasteiger partial charge in [-0.3, -0.25) is 0 Å². The van der Waals surface area contributed by atoms with E-state index in [1.807, 2.05) is 0 Å². The highest BCUT2D eigenvalue weighted by atomic mass is 35.5. The van der Waals surface area contributed by atoms with Crippen LogP contribution in [0.15, 0.2) is 23.1 Å². The third kappa shape index (κ3) is 4.07. The van der Waals surface area contributed by atoms with Crippen molar-refractivity contribution in [3.8, 4) is 0 Å². The average molecular weight is 325 g/mol. The number of aryl methyl sites for hydroxylation is 1. The Morgan fingerprint density at radius 3 is 2.68 bits per heavy atom. The fraction of sp³-hybridized carbons (Fsp3) is 0.500. The summed E-state index contributed by atoms with van der Waals surface area (Å²) in [6.45, 7) is 2.04. The Hall–Kier alpha value is -0.330. The Morgan fingerprint density at radius 2 is 2.11 bits per heavy atom. The fourth-order valence-electron chi connectivity index (χ4n) is 1.80. The summed E-state index contributed by atoms with van der Waals surface area (Å²) in [5.41, 5.74) is 6.61. The lowest BCUT2D eigenvalue weighted by atomic mass is 10.2. The first-order valence-electron chi connectivity index (χ1n) is 5.92. The summed E-state index contributed by atoms with van der Waals surface area (Å²) in [5, 5.41) is 0.269. The number of sulfonamides is 1. The van der Waals surface area contributed by atoms with Crippen LogP contribution < -0.4 is 10.5 Å². The monoisotopic (exact) mass is 324 g/mol. The van der Waals surface area contributed by atoms with E-state index in [2.05, 4.69) is 4.72 Å². The van der Waals surface area contributed by atoms with E-state index in [0.717, 1.165) is 18.4 Å². The van der Waals surface area contributed by atoms with Crippen molar-refractivity contribution in [2.75, 3.05) is 6.54 Å². The van der Waals surface area contributed by atoms with Gasteiger partial charge in [-0.2, -0.15) is 0 Å². The molecule has 19 heavy (non-hydrogen) atoms. The summed E-state index contributed by atoms with van der Waals surface area (Å²) < 4.78 is 26.7. The predicted octanol–water partition coefficient (Wildman–Crippen LogP) is 2.09. The second kappa shape index (κ2) is 6.41. The van der Waals surface area contributed by atoms with Gasteiger partial charge < -0.3 is 5.73 Å². The lowest BCUT2D eigenvalue weighted by Gasteiger charge is -2.13. The Kier molecular flexibility index (Phi) is 5.65. The van der Waals surface area contributed by atoms with Gasteiger partial charge in [-0.25, -0.2) is 13.1 Å². The van der Waals surface area contributed by atoms with Crippen LogP contribution in [0.4, 0.5) is 0 Å². The van der Waals surface area contributed by atoms with Gasteiger partial charge in [0.1, 0.15) is 4.90 Å². The molecule has 0 heterocycles. The van der Waals surface area contributed by atoms with Crippen LogP contribution in [-0.2, 0) is 10.0 Å². The first-order chi connectivity index (χ1) is 8.42. The van der Waals surface area contributed by atoms with Gasteiger partial charge in [0.25, 0.3) is 0 Å². The minimum atomic E-state index is -3.58. The minimum absolute atomic E-state index is 0. The van der Waals surface area contributed by atoms with Crippen LogP contribution in [0.1, 0.15) is 18.4 Å². The van der Waals surface area contributed by atoms with E-state index in [-0.39, 0.29) is 34.9 Å². The zero-order chi connectivity index (χ0) is 13.3. The normalized spacial score (nSPS) is 16.8. The van der Waals surface area contributed by atoms with Crippen LogP contribution in [0.2, 0.25) is 5.02 Å². The van der Waals surface area contributed by atoms with E-state index in [1.165, 1.54) is 6.07 Å². The van der Waals surface area contributed by atoms with Gasteiger partial charge in [0.2, 0.25) is 10.0 Å². The molecule has 1 fully saturated rings. The molecule has 0 saturated heterocycles. The summed E-state index contributed by atoms with van der Waals surface area (Å²) in [7, 11) is -3.58. The summed E-state index contributed by atoms with van der Waals surface area (Å²) in [5.74, 6) is 0.459. The Morgan fingerprint density at radius 1 is 1.47 bits per heavy atom. The lowest BCUT2D eigenvalue weighted by Crippen LogP contribution is -2.38. The van der Waals surface area contributed by atoms with Gasteiger partial charge in [-0.05, 0) is 37.3 Å². The number of nitrogens with one attached hydrogen (secondary N) is 1. The third-order valence-corrected chi connectivity index (χ3v) is 5.26. The molecule has 0 amide bonds. The molecule has 3 N–H and O–H groups in total. The standard InChI is InChI=1S/C12H17ClN2O2S.ClH/c1-8-3-2-4-11(12(8)13)18(16,17)15-7-10(14)9-5-6-9;/h2-4,9-10,15H,5-7,14H2,1H3;1H. The van der Waals surface area contributed by atoms with Gasteiger partial charge >= 0.3 is 0 Å². The van der Waals surface area contributed by atoms with E-state index >= 15 is 0 Å². The number of rotatable bonds is 5. The summed E-state index contributed by atoms with van der Waals surface area (Å²) in [6, 6.07) is 4.84. The summed E-state index contributed by atoms with van der Waals surface area (Å²) in [6.07, 6.45) is 2.18. The van der Waals surface area contributed by atoms with Gasteiger partial charge in [0.15, 0.2) is 0 Å². The average Bonchev–Trinajstić information content (AvgIpc) is 3.13. The van der Waals surface area contributed by atoms with E-state index < -0.39 is 10.0 Å². The molecule has 0 aromatic heterocycles. The zero-order valence-electron chi connectivity index (χ0n) is 10.6. The molecule has 0 bridgehead atoms. The highest BCUT2D eigenvalue weighted by Crippen LogP contribution is 2.31. The second-order valence-electron chi connectivity index (χ2n) is 4.74. The van der Waals surface area contributed by atoms with Crippen LogP contribution >= 0.6 is 24.0 Å². The molecular weight excluding hydrogens is 307 g/mol. The Labute approximate surface area is 125 Å². The van der Waals surface area contributed by atoms with Crippen molar-refractivity contribution in [1.29, 1.82) is 0 Å². The molecule has 4 nitrogen and oxygen atoms in total. The lowest BCUT2D eigenvalue weighted by molar-refractivity contribution is 0.547. The molecule has 1 aliphatic rings. The fourth-order valence-corrected chi connectivity index (χ4v) is 3.46. The van der Waals surface area contributed by atoms with Crippen LogP contribution in [0.25, 0.3) is 0 Å². The second-order valence-corrected chi connectivity index (χ2v) is 6.85. The molecule has 0 spiro atoms. The SMILES string of the molecule is Cc1cccc(S(=O)(=O)NCC(N)C2CC2)c1Cl.Cl. The molecule has 0 radical (unpaired) electrons. The molecule has 7 heteroatoms. The Balaban J connectivity index is 0.00000180. The molecule has 0 aliphatic heterocycles. The molecule has 2 rings (SSSR count). The molecule has 1 atom stereocenters. The van der Waals surface area contributed by atoms with Gasteiger partial charge in [0.05, 0.1) is 5.02 Å². The number of hydrogen-bond acceptors (Lipinski definition) is 3. The highest BCUT2D eigenvalue weighted by Gasteiger charge is 2.29. The molecule has 1 aromatic carbocycles. The van der Waals surface area contributed by atoms with Gasteiger partial charge in [0, 0.05) is 12.6 Å². The van der Waals surface area contributed by atoms with Crippen molar-refractivity contribution < 1.29 is 8.42 Å². The quantitative estimate of drug-likeness (QED) is 0.871. The summed E-state index contributed by atoms with van der Waals surface area (Å²) >= 11 is 6.02. The zero-order valence-corrected chi connectivity index (χ0v) is 13.0. The minimum Gasteiger partial charge on any atom is -0.326 e. The molecular formula is C12H18Cl2N2O2S. The maximum Gasteiger partial charge on any atom is 0.242 e. The van der Waals surface area contributed by atoms with Crippen molar-refractivity contribution in [3.05, 3.63) is 28.8 Å². The van der Waals surface area contributed by atoms with E-state index in [0.29, 0.717) is 5.92 Å². The topological polar surface area (TPSA) is 72.2 Å². The predicted molar refractivity (Wildman–Crippen MR) is 79.3 cm³/mol. The van der Waals surface area contributed by atoms with E-state index in [9.17, 15) is 8.42 Å².